The number of benzene rings is 2. The van der Waals surface area contributed by atoms with E-state index in [4.69, 9.17) is 4.98 Å². The van der Waals surface area contributed by atoms with E-state index in [1.54, 1.807) is 16.6 Å². The molecule has 6 heterocycles. The van der Waals surface area contributed by atoms with E-state index in [0.717, 1.165) is 65.8 Å². The number of nitrogens with zero attached hydrogens (tertiary/aromatic N) is 7. The molecule has 8 rings (SSSR count). The van der Waals surface area contributed by atoms with Gasteiger partial charge in [-0.05, 0) is 54.7 Å². The summed E-state index contributed by atoms with van der Waals surface area (Å²) in [7, 11) is 0. The van der Waals surface area contributed by atoms with E-state index >= 15 is 0 Å². The highest BCUT2D eigenvalue weighted by Crippen LogP contribution is 2.33. The third-order valence-corrected chi connectivity index (χ3v) is 11.6. The number of amides is 6. The van der Waals surface area contributed by atoms with Crippen molar-refractivity contribution in [1.29, 1.82) is 0 Å². The van der Waals surface area contributed by atoms with E-state index in [1.165, 1.54) is 0 Å². The summed E-state index contributed by atoms with van der Waals surface area (Å²) in [4.78, 5) is 75.8. The van der Waals surface area contributed by atoms with Gasteiger partial charge in [-0.3, -0.25) is 34.3 Å². The first-order valence-electron chi connectivity index (χ1n) is 20.0. The number of urea groups is 1. The predicted octanol–water partition coefficient (Wildman–Crippen LogP) is 3.09. The lowest BCUT2D eigenvalue weighted by molar-refractivity contribution is -0.136. The van der Waals surface area contributed by atoms with Gasteiger partial charge in [0.2, 0.25) is 11.8 Å². The highest BCUT2D eigenvalue weighted by molar-refractivity contribution is 6.23. The Labute approximate surface area is 335 Å². The maximum absolute atomic E-state index is 13.3. The van der Waals surface area contributed by atoms with Gasteiger partial charge in [0, 0.05) is 81.3 Å². The fourth-order valence-electron chi connectivity index (χ4n) is 8.02. The summed E-state index contributed by atoms with van der Waals surface area (Å²) in [5.74, 6) is -0.371. The number of aliphatic hydroxyl groups excluding tert-OH is 1. The van der Waals surface area contributed by atoms with Crippen molar-refractivity contribution in [3.63, 3.8) is 0 Å². The fraction of sp³-hybridized carbons (Fsp3) is 0.439. The van der Waals surface area contributed by atoms with Crippen molar-refractivity contribution in [2.45, 2.75) is 70.6 Å². The number of nitrogens with one attached hydrogen (secondary N) is 4. The molecule has 2 atom stereocenters. The zero-order valence-corrected chi connectivity index (χ0v) is 32.9. The standard InChI is InChI=1S/C41H49N11O6/c1-4-26(23-53)44-34-18-35(52-37(46-34)32(20-43-52)24(2)3)42-19-25-5-7-27(8-6-25)45-41(58)49-15-13-48(14-16-49)29-21-50(22-29)28-9-10-30-31(17-28)40(57)51(39(30)56)33-11-12-36(54)47-38(33)55/h5-10,17-18,20,24,26,29,33,42,53H,4,11-16,19,21-23H2,1-3H3,(H,44,46)(H,45,58)(H,47,54,55)/t26-,33?/m0/s1. The molecule has 3 saturated heterocycles. The van der Waals surface area contributed by atoms with Crippen LogP contribution in [0.15, 0.2) is 54.7 Å². The third-order valence-electron chi connectivity index (χ3n) is 11.6. The molecular weight excluding hydrogens is 743 g/mol. The van der Waals surface area contributed by atoms with Crippen molar-refractivity contribution in [2.75, 3.05) is 66.7 Å². The number of piperazine rings is 1. The molecule has 4 aromatic rings. The zero-order valence-electron chi connectivity index (χ0n) is 32.9. The van der Waals surface area contributed by atoms with Gasteiger partial charge in [-0.2, -0.15) is 9.61 Å². The van der Waals surface area contributed by atoms with E-state index < -0.39 is 29.7 Å². The molecule has 0 bridgehead atoms. The Kier molecular flexibility index (Phi) is 10.7. The molecule has 58 heavy (non-hydrogen) atoms. The SMILES string of the molecule is CC[C@@H](CO)Nc1cc(NCc2ccc(NC(=O)N3CCN(C4CN(c5ccc6c(c5)C(=O)N(C5CCC(=O)NC5=O)C6=O)C4)CC3)cc2)n2ncc(C(C)C)c2n1. The van der Waals surface area contributed by atoms with Crippen molar-refractivity contribution in [2.24, 2.45) is 0 Å². The number of piperidine rings is 1. The van der Waals surface area contributed by atoms with Crippen LogP contribution in [0, 0.1) is 0 Å². The van der Waals surface area contributed by atoms with E-state index in [0.29, 0.717) is 37.2 Å². The summed E-state index contributed by atoms with van der Waals surface area (Å²) in [6.07, 6.45) is 2.80. The molecule has 2 aromatic carbocycles. The summed E-state index contributed by atoms with van der Waals surface area (Å²) in [5, 5.41) is 26.4. The second-order valence-electron chi connectivity index (χ2n) is 15.7. The molecule has 4 aliphatic heterocycles. The van der Waals surface area contributed by atoms with Crippen LogP contribution >= 0.6 is 0 Å². The molecule has 0 aliphatic carbocycles. The average Bonchev–Trinajstić information content (AvgIpc) is 3.74. The van der Waals surface area contributed by atoms with Crippen LogP contribution in [0.5, 0.6) is 0 Å². The highest BCUT2D eigenvalue weighted by atomic mass is 16.3. The number of anilines is 4. The molecule has 5 N–H and O–H groups in total. The van der Waals surface area contributed by atoms with E-state index in [-0.39, 0.29) is 48.6 Å². The number of imide groups is 2. The van der Waals surface area contributed by atoms with Crippen LogP contribution in [0.25, 0.3) is 5.65 Å². The van der Waals surface area contributed by atoms with Gasteiger partial charge in [0.05, 0.1) is 30.0 Å². The molecule has 0 saturated carbocycles. The van der Waals surface area contributed by atoms with Crippen LogP contribution in [0.3, 0.4) is 0 Å². The van der Waals surface area contributed by atoms with Gasteiger partial charge >= 0.3 is 6.03 Å². The first-order chi connectivity index (χ1) is 28.0. The minimum Gasteiger partial charge on any atom is -0.394 e. The Morgan fingerprint density at radius 1 is 0.966 bits per heavy atom. The molecular formula is C41H49N11O6. The topological polar surface area (TPSA) is 197 Å². The van der Waals surface area contributed by atoms with Crippen molar-refractivity contribution < 1.29 is 29.1 Å². The Hall–Kier alpha value is -6.07. The lowest BCUT2D eigenvalue weighted by Crippen LogP contribution is -2.63. The van der Waals surface area contributed by atoms with Crippen LogP contribution in [0.4, 0.5) is 27.8 Å². The average molecular weight is 792 g/mol. The summed E-state index contributed by atoms with van der Waals surface area (Å²) in [5.41, 5.74) is 4.90. The molecule has 17 nitrogen and oxygen atoms in total. The molecule has 17 heteroatoms. The summed E-state index contributed by atoms with van der Waals surface area (Å²) in [6.45, 7) is 10.9. The normalized spacial score (nSPS) is 19.4. The number of hydrogen-bond donors (Lipinski definition) is 5. The zero-order chi connectivity index (χ0) is 40.7. The largest absolute Gasteiger partial charge is 0.394 e. The number of aliphatic hydroxyl groups is 1. The van der Waals surface area contributed by atoms with Gasteiger partial charge in [-0.25, -0.2) is 9.78 Å². The molecule has 304 valence electrons. The Morgan fingerprint density at radius 3 is 2.40 bits per heavy atom. The van der Waals surface area contributed by atoms with Crippen molar-refractivity contribution >= 4 is 58.3 Å². The predicted molar refractivity (Wildman–Crippen MR) is 217 cm³/mol. The van der Waals surface area contributed by atoms with Gasteiger partial charge in [-0.15, -0.1) is 0 Å². The minimum atomic E-state index is -0.992. The summed E-state index contributed by atoms with van der Waals surface area (Å²) >= 11 is 0. The van der Waals surface area contributed by atoms with E-state index in [1.807, 2.05) is 54.4 Å². The van der Waals surface area contributed by atoms with Crippen molar-refractivity contribution in [1.82, 2.24) is 34.6 Å². The summed E-state index contributed by atoms with van der Waals surface area (Å²) in [6, 6.07) is 13.9. The van der Waals surface area contributed by atoms with Crippen LogP contribution < -0.4 is 26.2 Å². The third kappa shape index (κ3) is 7.54. The minimum absolute atomic E-state index is 0.00828. The highest BCUT2D eigenvalue weighted by Gasteiger charge is 2.45. The number of carbonyl (C=O) groups is 5. The first kappa shape index (κ1) is 38.8. The summed E-state index contributed by atoms with van der Waals surface area (Å²) < 4.78 is 1.80. The molecule has 2 aromatic heterocycles. The molecule has 3 fully saturated rings. The quantitative estimate of drug-likeness (QED) is 0.132. The van der Waals surface area contributed by atoms with Gasteiger partial charge in [0.15, 0.2) is 5.65 Å². The molecule has 0 spiro atoms. The number of fused-ring (bicyclic) bond motifs is 2. The first-order valence-corrected chi connectivity index (χ1v) is 20.0. The van der Waals surface area contributed by atoms with Gasteiger partial charge in [0.1, 0.15) is 17.7 Å². The maximum atomic E-state index is 13.3. The van der Waals surface area contributed by atoms with Crippen molar-refractivity contribution in [3.8, 4) is 0 Å². The molecule has 6 amide bonds. The Bertz CT molecular complexity index is 2240. The van der Waals surface area contributed by atoms with Crippen LogP contribution in [0.1, 0.15) is 77.8 Å². The van der Waals surface area contributed by atoms with Gasteiger partial charge in [-0.1, -0.05) is 32.9 Å². The number of carbonyl (C=O) groups excluding carboxylic acids is 5. The number of hydrogen-bond acceptors (Lipinski definition) is 12. The second-order valence-corrected chi connectivity index (χ2v) is 15.7. The monoisotopic (exact) mass is 791 g/mol. The van der Waals surface area contributed by atoms with Gasteiger partial charge < -0.3 is 30.9 Å². The van der Waals surface area contributed by atoms with Crippen LogP contribution in [-0.4, -0.2) is 128 Å². The Balaban J connectivity index is 0.808. The smallest absolute Gasteiger partial charge is 0.321 e. The molecule has 4 aliphatic rings. The lowest BCUT2D eigenvalue weighted by atomic mass is 10.0. The maximum Gasteiger partial charge on any atom is 0.321 e. The second kappa shape index (κ2) is 16.1. The molecule has 0 radical (unpaired) electrons. The number of rotatable bonds is 12. The number of aromatic nitrogens is 3. The van der Waals surface area contributed by atoms with Crippen molar-refractivity contribution in [3.05, 3.63) is 77.0 Å². The molecule has 1 unspecified atom stereocenters. The fourth-order valence-corrected chi connectivity index (χ4v) is 8.02. The Morgan fingerprint density at radius 2 is 1.71 bits per heavy atom. The lowest BCUT2D eigenvalue weighted by Gasteiger charge is -2.49. The van der Waals surface area contributed by atoms with E-state index in [9.17, 15) is 29.1 Å². The van der Waals surface area contributed by atoms with Gasteiger partial charge in [0.25, 0.3) is 11.8 Å². The van der Waals surface area contributed by atoms with Crippen LogP contribution in [0.2, 0.25) is 0 Å². The van der Waals surface area contributed by atoms with Crippen LogP contribution in [-0.2, 0) is 16.1 Å². The van der Waals surface area contributed by atoms with E-state index in [2.05, 4.69) is 50.0 Å².